The van der Waals surface area contributed by atoms with E-state index in [9.17, 15) is 4.79 Å². The summed E-state index contributed by atoms with van der Waals surface area (Å²) in [6.45, 7) is 0.717. The van der Waals surface area contributed by atoms with Gasteiger partial charge in [0.1, 0.15) is 0 Å². The minimum atomic E-state index is 0.0105. The van der Waals surface area contributed by atoms with E-state index < -0.39 is 0 Å². The van der Waals surface area contributed by atoms with E-state index in [1.807, 2.05) is 30.3 Å². The maximum atomic E-state index is 12.9. The number of hydrogen-bond acceptors (Lipinski definition) is 3. The van der Waals surface area contributed by atoms with Crippen molar-refractivity contribution in [3.63, 3.8) is 0 Å². The SMILES string of the molecule is O=C(c1cccc2cccnc12)C1CCOC2(CCC2)C1. The molecular weight excluding hydrogens is 262 g/mol. The highest BCUT2D eigenvalue weighted by Gasteiger charge is 2.44. The first-order valence-corrected chi connectivity index (χ1v) is 7.79. The molecule has 21 heavy (non-hydrogen) atoms. The summed E-state index contributed by atoms with van der Waals surface area (Å²) in [5.74, 6) is 0.334. The molecule has 1 aromatic heterocycles. The molecule has 4 rings (SSSR count). The van der Waals surface area contributed by atoms with Gasteiger partial charge in [0, 0.05) is 29.7 Å². The molecule has 0 N–H and O–H groups in total. The highest BCUT2D eigenvalue weighted by atomic mass is 16.5. The number of pyridine rings is 1. The molecular formula is C18H19NO2. The predicted octanol–water partition coefficient (Wildman–Crippen LogP) is 3.77. The largest absolute Gasteiger partial charge is 0.375 e. The molecule has 1 aliphatic carbocycles. The molecule has 0 amide bonds. The topological polar surface area (TPSA) is 39.2 Å². The molecule has 1 spiro atoms. The van der Waals surface area contributed by atoms with Crippen LogP contribution >= 0.6 is 0 Å². The van der Waals surface area contributed by atoms with Gasteiger partial charge in [-0.05, 0) is 44.2 Å². The van der Waals surface area contributed by atoms with E-state index in [-0.39, 0.29) is 17.3 Å². The summed E-state index contributed by atoms with van der Waals surface area (Å²) in [6, 6.07) is 9.80. The van der Waals surface area contributed by atoms with Crippen LogP contribution in [0.15, 0.2) is 36.5 Å². The second-order valence-electron chi connectivity index (χ2n) is 6.32. The Morgan fingerprint density at radius 2 is 2.10 bits per heavy atom. The molecule has 1 aromatic carbocycles. The van der Waals surface area contributed by atoms with Gasteiger partial charge in [-0.2, -0.15) is 0 Å². The third-order valence-electron chi connectivity index (χ3n) is 5.03. The maximum Gasteiger partial charge on any atom is 0.168 e. The Kier molecular flexibility index (Phi) is 3.03. The molecule has 108 valence electrons. The normalized spacial score (nSPS) is 23.9. The molecule has 3 heteroatoms. The Bertz CT molecular complexity index is 685. The van der Waals surface area contributed by atoms with Gasteiger partial charge in [-0.25, -0.2) is 0 Å². The summed E-state index contributed by atoms with van der Waals surface area (Å²) >= 11 is 0. The number of ketones is 1. The summed E-state index contributed by atoms with van der Waals surface area (Å²) in [6.07, 6.45) is 6.95. The van der Waals surface area contributed by atoms with Crippen molar-refractivity contribution < 1.29 is 9.53 Å². The number of benzene rings is 1. The van der Waals surface area contributed by atoms with Gasteiger partial charge in [0.25, 0.3) is 0 Å². The number of carbonyl (C=O) groups is 1. The molecule has 0 bridgehead atoms. The van der Waals surface area contributed by atoms with E-state index in [1.165, 1.54) is 6.42 Å². The van der Waals surface area contributed by atoms with E-state index in [1.54, 1.807) is 6.20 Å². The van der Waals surface area contributed by atoms with E-state index >= 15 is 0 Å². The van der Waals surface area contributed by atoms with E-state index in [4.69, 9.17) is 4.74 Å². The van der Waals surface area contributed by atoms with Crippen LogP contribution in [-0.4, -0.2) is 23.0 Å². The van der Waals surface area contributed by atoms with Crippen LogP contribution in [0.4, 0.5) is 0 Å². The second-order valence-corrected chi connectivity index (χ2v) is 6.32. The Morgan fingerprint density at radius 1 is 1.24 bits per heavy atom. The fourth-order valence-electron chi connectivity index (χ4n) is 3.69. The zero-order chi connectivity index (χ0) is 14.3. The number of aromatic nitrogens is 1. The van der Waals surface area contributed by atoms with Gasteiger partial charge in [-0.15, -0.1) is 0 Å². The van der Waals surface area contributed by atoms with Gasteiger partial charge in [0.05, 0.1) is 11.1 Å². The van der Waals surface area contributed by atoms with Crippen molar-refractivity contribution in [2.24, 2.45) is 5.92 Å². The summed E-state index contributed by atoms with van der Waals surface area (Å²) in [5, 5.41) is 1.04. The van der Waals surface area contributed by atoms with Crippen molar-refractivity contribution in [1.82, 2.24) is 4.98 Å². The number of fused-ring (bicyclic) bond motifs is 1. The fourth-order valence-corrected chi connectivity index (χ4v) is 3.69. The molecule has 0 radical (unpaired) electrons. The lowest BCUT2D eigenvalue weighted by atomic mass is 9.70. The van der Waals surface area contributed by atoms with Crippen LogP contribution < -0.4 is 0 Å². The van der Waals surface area contributed by atoms with Crippen LogP contribution in [0.3, 0.4) is 0 Å². The lowest BCUT2D eigenvalue weighted by molar-refractivity contribution is -0.137. The zero-order valence-corrected chi connectivity index (χ0v) is 12.0. The summed E-state index contributed by atoms with van der Waals surface area (Å²) in [4.78, 5) is 17.4. The van der Waals surface area contributed by atoms with Gasteiger partial charge in [0.2, 0.25) is 0 Å². The Morgan fingerprint density at radius 3 is 2.90 bits per heavy atom. The van der Waals surface area contributed by atoms with Crippen molar-refractivity contribution in [3.05, 3.63) is 42.1 Å². The first-order valence-electron chi connectivity index (χ1n) is 7.79. The number of para-hydroxylation sites is 1. The van der Waals surface area contributed by atoms with Crippen LogP contribution in [0.1, 0.15) is 42.5 Å². The summed E-state index contributed by atoms with van der Waals surface area (Å²) in [7, 11) is 0. The Balaban J connectivity index is 1.67. The van der Waals surface area contributed by atoms with Gasteiger partial charge < -0.3 is 4.74 Å². The molecule has 1 atom stereocenters. The monoisotopic (exact) mass is 281 g/mol. The van der Waals surface area contributed by atoms with Crippen LogP contribution in [0, 0.1) is 5.92 Å². The van der Waals surface area contributed by atoms with E-state index in [0.29, 0.717) is 6.61 Å². The number of Topliss-reactive ketones (excluding diaryl/α,β-unsaturated/α-hetero) is 1. The quantitative estimate of drug-likeness (QED) is 0.787. The summed E-state index contributed by atoms with van der Waals surface area (Å²) < 4.78 is 5.94. The number of nitrogens with zero attached hydrogens (tertiary/aromatic N) is 1. The van der Waals surface area contributed by atoms with Crippen molar-refractivity contribution in [2.75, 3.05) is 6.61 Å². The highest BCUT2D eigenvalue weighted by Crippen LogP contribution is 2.45. The molecule has 1 saturated heterocycles. The van der Waals surface area contributed by atoms with Crippen molar-refractivity contribution in [2.45, 2.75) is 37.7 Å². The van der Waals surface area contributed by atoms with Crippen molar-refractivity contribution in [3.8, 4) is 0 Å². The van der Waals surface area contributed by atoms with Gasteiger partial charge in [-0.1, -0.05) is 18.2 Å². The Labute approximate surface area is 124 Å². The lowest BCUT2D eigenvalue weighted by Crippen LogP contribution is -2.47. The number of rotatable bonds is 2. The van der Waals surface area contributed by atoms with Gasteiger partial charge in [0.15, 0.2) is 5.78 Å². The standard InChI is InChI=1S/C18H19NO2/c20-17(14-7-11-21-18(12-14)8-3-9-18)15-6-1-4-13-5-2-10-19-16(13)15/h1-2,4-6,10,14H,3,7-9,11-12H2. The third kappa shape index (κ3) is 2.16. The van der Waals surface area contributed by atoms with Crippen LogP contribution in [0.2, 0.25) is 0 Å². The first kappa shape index (κ1) is 13.0. The predicted molar refractivity (Wildman–Crippen MR) is 81.3 cm³/mol. The van der Waals surface area contributed by atoms with E-state index in [2.05, 4.69) is 4.98 Å². The lowest BCUT2D eigenvalue weighted by Gasteiger charge is -2.46. The minimum Gasteiger partial charge on any atom is -0.375 e. The fraction of sp³-hybridized carbons (Fsp3) is 0.444. The molecule has 2 fully saturated rings. The van der Waals surface area contributed by atoms with Crippen molar-refractivity contribution >= 4 is 16.7 Å². The van der Waals surface area contributed by atoms with Crippen LogP contribution in [0.25, 0.3) is 10.9 Å². The van der Waals surface area contributed by atoms with Crippen LogP contribution in [0.5, 0.6) is 0 Å². The minimum absolute atomic E-state index is 0.0105. The average molecular weight is 281 g/mol. The molecule has 2 heterocycles. The highest BCUT2D eigenvalue weighted by molar-refractivity contribution is 6.07. The van der Waals surface area contributed by atoms with Crippen molar-refractivity contribution in [1.29, 1.82) is 0 Å². The number of carbonyl (C=O) groups excluding carboxylic acids is 1. The molecule has 1 aliphatic heterocycles. The number of ether oxygens (including phenoxy) is 1. The number of hydrogen-bond donors (Lipinski definition) is 0. The zero-order valence-electron chi connectivity index (χ0n) is 12.0. The molecule has 1 saturated carbocycles. The molecule has 1 unspecified atom stereocenters. The molecule has 3 nitrogen and oxygen atoms in total. The summed E-state index contributed by atoms with van der Waals surface area (Å²) in [5.41, 5.74) is 1.62. The van der Waals surface area contributed by atoms with E-state index in [0.717, 1.165) is 42.1 Å². The van der Waals surface area contributed by atoms with Gasteiger partial charge >= 0.3 is 0 Å². The molecule has 2 aromatic rings. The molecule has 2 aliphatic rings. The smallest absolute Gasteiger partial charge is 0.168 e. The van der Waals surface area contributed by atoms with Gasteiger partial charge in [-0.3, -0.25) is 9.78 Å². The van der Waals surface area contributed by atoms with Crippen LogP contribution in [-0.2, 0) is 4.74 Å². The Hall–Kier alpha value is -1.74. The maximum absolute atomic E-state index is 12.9. The third-order valence-corrected chi connectivity index (χ3v) is 5.03. The average Bonchev–Trinajstić information content (AvgIpc) is 2.52. The second kappa shape index (κ2) is 4.92. The first-order chi connectivity index (χ1) is 10.3.